The number of benzene rings is 1. The van der Waals surface area contributed by atoms with Gasteiger partial charge in [-0.25, -0.2) is 14.2 Å². The number of nitrogens with zero attached hydrogens (tertiary/aromatic N) is 1. The number of carboxylic acids is 1. The van der Waals surface area contributed by atoms with Crippen molar-refractivity contribution in [2.45, 2.75) is 19.8 Å². The van der Waals surface area contributed by atoms with Gasteiger partial charge < -0.3 is 9.52 Å². The number of hydrogen-bond acceptors (Lipinski definition) is 3. The van der Waals surface area contributed by atoms with Crippen LogP contribution in [0.25, 0.3) is 0 Å². The Hall–Kier alpha value is -2.17. The van der Waals surface area contributed by atoms with Gasteiger partial charge in [-0.05, 0) is 24.1 Å². The lowest BCUT2D eigenvalue weighted by atomic mass is 10.1. The van der Waals surface area contributed by atoms with Crippen LogP contribution in [0.2, 0.25) is 0 Å². The lowest BCUT2D eigenvalue weighted by Crippen LogP contribution is -2.02. The molecule has 0 fully saturated rings. The first kappa shape index (κ1) is 12.3. The van der Waals surface area contributed by atoms with Crippen LogP contribution >= 0.6 is 0 Å². The molecule has 0 atom stereocenters. The first-order valence-corrected chi connectivity index (χ1v) is 5.50. The van der Waals surface area contributed by atoms with E-state index in [0.717, 1.165) is 5.56 Å². The molecule has 0 bridgehead atoms. The molecule has 4 nitrogen and oxygen atoms in total. The summed E-state index contributed by atoms with van der Waals surface area (Å²) in [4.78, 5) is 14.7. The number of rotatable bonds is 4. The fourth-order valence-electron chi connectivity index (χ4n) is 1.71. The molecular formula is C13H12FNO3. The predicted octanol–water partition coefficient (Wildman–Crippen LogP) is 2.61. The van der Waals surface area contributed by atoms with Gasteiger partial charge in [-0.3, -0.25) is 0 Å². The molecule has 0 aliphatic heterocycles. The summed E-state index contributed by atoms with van der Waals surface area (Å²) in [7, 11) is 0. The van der Waals surface area contributed by atoms with Gasteiger partial charge in [-0.15, -0.1) is 0 Å². The number of oxazole rings is 1. The maximum absolute atomic E-state index is 12.7. The largest absolute Gasteiger partial charge is 0.476 e. The number of carbonyl (C=O) groups is 1. The smallest absolute Gasteiger partial charge is 0.358 e. The van der Waals surface area contributed by atoms with E-state index in [1.54, 1.807) is 19.1 Å². The lowest BCUT2D eigenvalue weighted by Gasteiger charge is -2.00. The molecule has 2 rings (SSSR count). The zero-order valence-electron chi connectivity index (χ0n) is 9.81. The average molecular weight is 249 g/mol. The molecule has 94 valence electrons. The average Bonchev–Trinajstić information content (AvgIpc) is 2.70. The highest BCUT2D eigenvalue weighted by Crippen LogP contribution is 2.14. The number of aryl methyl sites for hydroxylation is 3. The number of aromatic nitrogens is 1. The van der Waals surface area contributed by atoms with Crippen molar-refractivity contribution in [3.63, 3.8) is 0 Å². The van der Waals surface area contributed by atoms with Crippen molar-refractivity contribution in [3.05, 3.63) is 53.0 Å². The molecule has 1 aromatic carbocycles. The van der Waals surface area contributed by atoms with Crippen LogP contribution in [0.1, 0.15) is 27.7 Å². The Bertz CT molecular complexity index is 560. The second-order valence-corrected chi connectivity index (χ2v) is 3.94. The van der Waals surface area contributed by atoms with Crippen LogP contribution in [0.3, 0.4) is 0 Å². The van der Waals surface area contributed by atoms with E-state index in [4.69, 9.17) is 9.52 Å². The van der Waals surface area contributed by atoms with Crippen molar-refractivity contribution >= 4 is 5.97 Å². The van der Waals surface area contributed by atoms with Crippen molar-refractivity contribution in [3.8, 4) is 0 Å². The van der Waals surface area contributed by atoms with E-state index in [-0.39, 0.29) is 11.5 Å². The number of aromatic carboxylic acids is 1. The molecule has 0 amide bonds. The Labute approximate surface area is 103 Å². The van der Waals surface area contributed by atoms with Crippen molar-refractivity contribution < 1.29 is 18.7 Å². The predicted molar refractivity (Wildman–Crippen MR) is 62.0 cm³/mol. The van der Waals surface area contributed by atoms with E-state index in [1.807, 2.05) is 0 Å². The van der Waals surface area contributed by atoms with Crippen LogP contribution in [0.4, 0.5) is 4.39 Å². The van der Waals surface area contributed by atoms with Gasteiger partial charge in [0, 0.05) is 13.3 Å². The van der Waals surface area contributed by atoms with Gasteiger partial charge in [-0.2, -0.15) is 0 Å². The summed E-state index contributed by atoms with van der Waals surface area (Å²) in [5, 5.41) is 8.94. The number of carboxylic acid groups (broad SMARTS) is 1. The molecule has 2 aromatic rings. The summed E-state index contributed by atoms with van der Waals surface area (Å²) in [6.07, 6.45) is 1.00. The molecule has 0 unspecified atom stereocenters. The van der Waals surface area contributed by atoms with Crippen LogP contribution < -0.4 is 0 Å². The summed E-state index contributed by atoms with van der Waals surface area (Å²) in [5.41, 5.74) is 0.872. The Balaban J connectivity index is 2.10. The second-order valence-electron chi connectivity index (χ2n) is 3.94. The molecule has 1 aromatic heterocycles. The van der Waals surface area contributed by atoms with E-state index in [1.165, 1.54) is 12.1 Å². The highest BCUT2D eigenvalue weighted by Gasteiger charge is 2.17. The zero-order chi connectivity index (χ0) is 13.1. The first-order chi connectivity index (χ1) is 8.56. The Kier molecular flexibility index (Phi) is 3.41. The first-order valence-electron chi connectivity index (χ1n) is 5.50. The molecule has 0 aliphatic rings. The van der Waals surface area contributed by atoms with Gasteiger partial charge in [0.1, 0.15) is 11.6 Å². The molecular weight excluding hydrogens is 237 g/mol. The van der Waals surface area contributed by atoms with Gasteiger partial charge >= 0.3 is 5.97 Å². The normalized spacial score (nSPS) is 10.6. The molecule has 18 heavy (non-hydrogen) atoms. The van der Waals surface area contributed by atoms with E-state index >= 15 is 0 Å². The fraction of sp³-hybridized carbons (Fsp3) is 0.231. The maximum Gasteiger partial charge on any atom is 0.358 e. The quantitative estimate of drug-likeness (QED) is 0.904. The summed E-state index contributed by atoms with van der Waals surface area (Å²) in [5.74, 6) is -0.702. The summed E-state index contributed by atoms with van der Waals surface area (Å²) >= 11 is 0. The van der Waals surface area contributed by atoms with Crippen molar-refractivity contribution in [1.29, 1.82) is 0 Å². The molecule has 1 N–H and O–H groups in total. The Morgan fingerprint density at radius 1 is 1.33 bits per heavy atom. The van der Waals surface area contributed by atoms with Crippen molar-refractivity contribution in [1.82, 2.24) is 4.98 Å². The molecule has 0 saturated carbocycles. The molecule has 0 spiro atoms. The van der Waals surface area contributed by atoms with Crippen LogP contribution in [0.15, 0.2) is 28.7 Å². The summed E-state index contributed by atoms with van der Waals surface area (Å²) in [6.45, 7) is 1.60. The molecule has 5 heteroatoms. The number of hydrogen-bond donors (Lipinski definition) is 1. The third-order valence-electron chi connectivity index (χ3n) is 2.56. The van der Waals surface area contributed by atoms with E-state index < -0.39 is 5.97 Å². The maximum atomic E-state index is 12.7. The third kappa shape index (κ3) is 2.74. The van der Waals surface area contributed by atoms with Gasteiger partial charge in [0.2, 0.25) is 0 Å². The van der Waals surface area contributed by atoms with Crippen molar-refractivity contribution in [2.75, 3.05) is 0 Å². The van der Waals surface area contributed by atoms with Gasteiger partial charge in [0.25, 0.3) is 0 Å². The summed E-state index contributed by atoms with van der Waals surface area (Å²) in [6, 6.07) is 6.08. The standard InChI is InChI=1S/C13H12FNO3/c1-8-15-12(13(16)17)11(18-8)7-4-9-2-5-10(14)6-3-9/h2-3,5-6H,4,7H2,1H3,(H,16,17). The zero-order valence-corrected chi connectivity index (χ0v) is 9.81. The minimum Gasteiger partial charge on any atom is -0.476 e. The minimum atomic E-state index is -1.10. The van der Waals surface area contributed by atoms with Gasteiger partial charge in [0.05, 0.1) is 0 Å². The SMILES string of the molecule is Cc1nc(C(=O)O)c(CCc2ccc(F)cc2)o1. The summed E-state index contributed by atoms with van der Waals surface area (Å²) < 4.78 is 18.0. The fourth-order valence-corrected chi connectivity index (χ4v) is 1.71. The highest BCUT2D eigenvalue weighted by molar-refractivity contribution is 5.86. The molecule has 0 saturated heterocycles. The lowest BCUT2D eigenvalue weighted by molar-refractivity contribution is 0.0688. The van der Waals surface area contributed by atoms with Crippen molar-refractivity contribution in [2.24, 2.45) is 0 Å². The highest BCUT2D eigenvalue weighted by atomic mass is 19.1. The van der Waals surface area contributed by atoms with Crippen LogP contribution in [0.5, 0.6) is 0 Å². The third-order valence-corrected chi connectivity index (χ3v) is 2.56. The monoisotopic (exact) mass is 249 g/mol. The van der Waals surface area contributed by atoms with Gasteiger partial charge in [-0.1, -0.05) is 12.1 Å². The van der Waals surface area contributed by atoms with Gasteiger partial charge in [0.15, 0.2) is 11.6 Å². The van der Waals surface area contributed by atoms with Crippen LogP contribution in [0, 0.1) is 12.7 Å². The molecule has 0 aliphatic carbocycles. The number of halogens is 1. The molecule has 1 heterocycles. The van der Waals surface area contributed by atoms with E-state index in [2.05, 4.69) is 4.98 Å². The Morgan fingerprint density at radius 2 is 2.00 bits per heavy atom. The van der Waals surface area contributed by atoms with Crippen LogP contribution in [-0.2, 0) is 12.8 Å². The Morgan fingerprint density at radius 3 is 2.61 bits per heavy atom. The van der Waals surface area contributed by atoms with E-state index in [0.29, 0.717) is 24.5 Å². The minimum absolute atomic E-state index is 0.0467. The molecule has 0 radical (unpaired) electrons. The second kappa shape index (κ2) is 5.00. The van der Waals surface area contributed by atoms with Crippen LogP contribution in [-0.4, -0.2) is 16.1 Å². The van der Waals surface area contributed by atoms with E-state index in [9.17, 15) is 9.18 Å². The topological polar surface area (TPSA) is 63.3 Å².